The minimum atomic E-state index is -3.62. The Bertz CT molecular complexity index is 2760. The molecule has 0 amide bonds. The van der Waals surface area contributed by atoms with E-state index in [1.165, 1.54) is 8.61 Å². The fourth-order valence-corrected chi connectivity index (χ4v) is 12.9. The Kier molecular flexibility index (Phi) is 15.6. The molecule has 4 heterocycles. The number of aromatic nitrogens is 2. The summed E-state index contributed by atoms with van der Waals surface area (Å²) in [6, 6.07) is 24.7. The second kappa shape index (κ2) is 21.1. The third-order valence-corrected chi connectivity index (χ3v) is 17.4. The normalized spacial score (nSPS) is 15.0. The number of sulfonamides is 2. The van der Waals surface area contributed by atoms with Crippen molar-refractivity contribution >= 4 is 76.2 Å². The van der Waals surface area contributed by atoms with Gasteiger partial charge in [-0.05, 0) is 60.2 Å². The van der Waals surface area contributed by atoms with E-state index in [-0.39, 0.29) is 19.8 Å². The number of methoxy groups -OCH3 is 4. The van der Waals surface area contributed by atoms with Gasteiger partial charge in [0.25, 0.3) is 0 Å². The summed E-state index contributed by atoms with van der Waals surface area (Å²) in [5.41, 5.74) is 3.97. The van der Waals surface area contributed by atoms with E-state index in [9.17, 15) is 16.8 Å². The van der Waals surface area contributed by atoms with Gasteiger partial charge in [-0.15, -0.1) is 22.7 Å². The Labute approximate surface area is 392 Å². The molecule has 4 aromatic carbocycles. The topological polar surface area (TPSA) is 144 Å². The van der Waals surface area contributed by atoms with E-state index < -0.39 is 20.0 Å². The van der Waals surface area contributed by atoms with E-state index >= 15 is 0 Å². The van der Waals surface area contributed by atoms with Gasteiger partial charge < -0.3 is 28.7 Å². The standard InChI is InChI=1S/2C22H24ClN3O4S2/c1-29-18-7-8-20(30-2)16(14-18)13-17-15-31-22(24-17)25-9-11-26(12-10-25)32(27,28)21-6-4-3-5-19(21)23;1-29-19-8-7-16(14-20(19)30-2)13-17-15-31-22(24-17)25-9-11-26(12-10-25)32(27,28)21-6-4-3-5-18(21)23/h2*3-8,14-15H,9-13H2,1-2H3. The first-order valence-corrected chi connectivity index (χ1v) is 25.5. The molecule has 2 aromatic heterocycles. The number of nitrogens with zero attached hydrogens (tertiary/aromatic N) is 6. The van der Waals surface area contributed by atoms with Gasteiger partial charge in [0.1, 0.15) is 21.3 Å². The maximum absolute atomic E-state index is 13.0. The molecule has 0 aliphatic carbocycles. The van der Waals surface area contributed by atoms with Gasteiger partial charge in [0.2, 0.25) is 20.0 Å². The predicted octanol–water partition coefficient (Wildman–Crippen LogP) is 7.83. The highest BCUT2D eigenvalue weighted by atomic mass is 35.5. The minimum absolute atomic E-state index is 0.152. The van der Waals surface area contributed by atoms with Crippen molar-refractivity contribution in [1.82, 2.24) is 18.6 Å². The summed E-state index contributed by atoms with van der Waals surface area (Å²) in [5, 5.41) is 6.34. The second-order valence-electron chi connectivity index (χ2n) is 14.6. The first-order valence-electron chi connectivity index (χ1n) is 20.1. The van der Waals surface area contributed by atoms with Crippen LogP contribution < -0.4 is 28.7 Å². The Morgan fingerprint density at radius 1 is 0.547 bits per heavy atom. The molecule has 0 unspecified atom stereocenters. The lowest BCUT2D eigenvalue weighted by molar-refractivity contribution is 0.354. The second-order valence-corrected chi connectivity index (χ2v) is 20.9. The molecule has 6 aromatic rings. The third-order valence-electron chi connectivity index (χ3n) is 10.7. The average Bonchev–Trinajstić information content (AvgIpc) is 3.99. The van der Waals surface area contributed by atoms with Crippen LogP contribution in [0.25, 0.3) is 0 Å². The summed E-state index contributed by atoms with van der Waals surface area (Å²) in [6.07, 6.45) is 1.30. The molecule has 2 aliphatic rings. The fraction of sp³-hybridized carbons (Fsp3) is 0.318. The lowest BCUT2D eigenvalue weighted by Crippen LogP contribution is -2.48. The van der Waals surface area contributed by atoms with Crippen LogP contribution >= 0.6 is 45.9 Å². The SMILES string of the molecule is COc1ccc(Cc2csc(N3CCN(S(=O)(=O)c4ccccc4Cl)CC3)n2)cc1OC.COc1ccc(OC)c(Cc2csc(N3CCN(S(=O)(=O)c4ccccc4Cl)CC3)n2)c1. The number of rotatable bonds is 14. The molecule has 340 valence electrons. The number of benzene rings is 4. The Balaban J connectivity index is 0.000000191. The quantitative estimate of drug-likeness (QED) is 0.105. The van der Waals surface area contributed by atoms with E-state index in [1.807, 2.05) is 47.2 Å². The predicted molar refractivity (Wildman–Crippen MR) is 254 cm³/mol. The molecule has 20 heteroatoms. The largest absolute Gasteiger partial charge is 0.497 e. The molecule has 0 saturated carbocycles. The number of hydrogen-bond acceptors (Lipinski definition) is 14. The van der Waals surface area contributed by atoms with Crippen molar-refractivity contribution in [2.45, 2.75) is 22.6 Å². The van der Waals surface area contributed by atoms with Crippen LogP contribution in [0, 0.1) is 0 Å². The molecule has 2 fully saturated rings. The molecule has 14 nitrogen and oxygen atoms in total. The summed E-state index contributed by atoms with van der Waals surface area (Å²) < 4.78 is 76.3. The Morgan fingerprint density at radius 3 is 1.48 bits per heavy atom. The zero-order valence-electron chi connectivity index (χ0n) is 35.6. The first kappa shape index (κ1) is 47.3. The van der Waals surface area contributed by atoms with Crippen molar-refractivity contribution < 1.29 is 35.8 Å². The van der Waals surface area contributed by atoms with Gasteiger partial charge in [0.15, 0.2) is 21.8 Å². The van der Waals surface area contributed by atoms with E-state index in [0.29, 0.717) is 76.7 Å². The van der Waals surface area contributed by atoms with Crippen molar-refractivity contribution in [3.8, 4) is 23.0 Å². The highest BCUT2D eigenvalue weighted by molar-refractivity contribution is 7.89. The van der Waals surface area contributed by atoms with Gasteiger partial charge in [-0.2, -0.15) is 8.61 Å². The smallest absolute Gasteiger partial charge is 0.244 e. The van der Waals surface area contributed by atoms with Gasteiger partial charge in [-0.3, -0.25) is 0 Å². The van der Waals surface area contributed by atoms with Crippen LogP contribution in [0.4, 0.5) is 10.3 Å². The van der Waals surface area contributed by atoms with E-state index in [2.05, 4.69) is 9.80 Å². The number of ether oxygens (including phenoxy) is 4. The van der Waals surface area contributed by atoms with Gasteiger partial charge in [-0.25, -0.2) is 26.8 Å². The average molecular weight is 988 g/mol. The van der Waals surface area contributed by atoms with E-state index in [0.717, 1.165) is 44.3 Å². The van der Waals surface area contributed by atoms with Crippen LogP contribution in [0.15, 0.2) is 105 Å². The molecule has 0 bridgehead atoms. The van der Waals surface area contributed by atoms with Crippen molar-refractivity contribution in [3.05, 3.63) is 128 Å². The maximum atomic E-state index is 13.0. The van der Waals surface area contributed by atoms with Crippen LogP contribution in [0.2, 0.25) is 10.0 Å². The van der Waals surface area contributed by atoms with Crippen LogP contribution in [0.3, 0.4) is 0 Å². The molecule has 0 spiro atoms. The van der Waals surface area contributed by atoms with Crippen LogP contribution in [0.5, 0.6) is 23.0 Å². The van der Waals surface area contributed by atoms with Crippen molar-refractivity contribution in [3.63, 3.8) is 0 Å². The molecule has 2 saturated heterocycles. The zero-order valence-corrected chi connectivity index (χ0v) is 40.4. The van der Waals surface area contributed by atoms with Gasteiger partial charge in [-0.1, -0.05) is 53.5 Å². The summed E-state index contributed by atoms with van der Waals surface area (Å²) in [5.74, 6) is 2.95. The van der Waals surface area contributed by atoms with Crippen LogP contribution in [0.1, 0.15) is 22.5 Å². The highest BCUT2D eigenvalue weighted by Crippen LogP contribution is 2.33. The molecular formula is C44H48Cl2N6O8S4. The first-order chi connectivity index (χ1) is 30.8. The molecule has 64 heavy (non-hydrogen) atoms. The maximum Gasteiger partial charge on any atom is 0.244 e. The van der Waals surface area contributed by atoms with E-state index in [1.54, 1.807) is 99.6 Å². The lowest BCUT2D eigenvalue weighted by Gasteiger charge is -2.33. The Hall–Kier alpha value is -4.66. The van der Waals surface area contributed by atoms with Gasteiger partial charge in [0, 0.05) is 81.5 Å². The number of halogens is 2. The molecular weight excluding hydrogens is 940 g/mol. The number of thiazole rings is 2. The van der Waals surface area contributed by atoms with Crippen molar-refractivity contribution in [2.24, 2.45) is 0 Å². The summed E-state index contributed by atoms with van der Waals surface area (Å²) in [4.78, 5) is 14.1. The van der Waals surface area contributed by atoms with Crippen LogP contribution in [-0.2, 0) is 32.9 Å². The summed E-state index contributed by atoms with van der Waals surface area (Å²) >= 11 is 15.4. The van der Waals surface area contributed by atoms with Crippen molar-refractivity contribution in [2.75, 3.05) is 90.6 Å². The number of hydrogen-bond donors (Lipinski definition) is 0. The van der Waals surface area contributed by atoms with E-state index in [4.69, 9.17) is 52.1 Å². The zero-order chi connectivity index (χ0) is 45.4. The fourth-order valence-electron chi connectivity index (χ4n) is 7.29. The molecule has 0 atom stereocenters. The number of anilines is 2. The van der Waals surface area contributed by atoms with Gasteiger partial charge >= 0.3 is 0 Å². The third kappa shape index (κ3) is 10.9. The molecule has 8 rings (SSSR count). The van der Waals surface area contributed by atoms with Crippen molar-refractivity contribution in [1.29, 1.82) is 0 Å². The molecule has 2 aliphatic heterocycles. The lowest BCUT2D eigenvalue weighted by atomic mass is 10.1. The van der Waals surface area contributed by atoms with Gasteiger partial charge in [0.05, 0.1) is 49.9 Å². The summed E-state index contributed by atoms with van der Waals surface area (Å²) in [7, 11) is -0.709. The monoisotopic (exact) mass is 986 g/mol. The minimum Gasteiger partial charge on any atom is -0.497 e. The molecule has 0 N–H and O–H groups in total. The summed E-state index contributed by atoms with van der Waals surface area (Å²) in [6.45, 7) is 3.83. The number of piperazine rings is 2. The Morgan fingerprint density at radius 2 is 1.02 bits per heavy atom. The van der Waals surface area contributed by atoms with Crippen LogP contribution in [-0.4, -0.2) is 116 Å². The highest BCUT2D eigenvalue weighted by Gasteiger charge is 2.32. The molecule has 0 radical (unpaired) electrons.